The number of aliphatic carboxylic acids is 1. The van der Waals surface area contributed by atoms with Gasteiger partial charge in [-0.2, -0.15) is 0 Å². The lowest BCUT2D eigenvalue weighted by molar-refractivity contribution is -0.136. The molecule has 8 heteroatoms. The number of carboxylic acid groups (broad SMARTS) is 1. The number of fused-ring (bicyclic) bond motifs is 1. The highest BCUT2D eigenvalue weighted by molar-refractivity contribution is 6.06. The van der Waals surface area contributed by atoms with Crippen LogP contribution in [0.1, 0.15) is 16.8 Å². The molecule has 1 fully saturated rings. The molecule has 0 aliphatic carbocycles. The minimum atomic E-state index is -0.950. The molecule has 0 unspecified atom stereocenters. The largest absolute Gasteiger partial charge is 0.481 e. The van der Waals surface area contributed by atoms with E-state index in [4.69, 9.17) is 5.11 Å². The van der Waals surface area contributed by atoms with E-state index < -0.39 is 5.97 Å². The van der Waals surface area contributed by atoms with Crippen molar-refractivity contribution in [3.8, 4) is 0 Å². The summed E-state index contributed by atoms with van der Waals surface area (Å²) in [6.07, 6.45) is 1.61. The average Bonchev–Trinajstić information content (AvgIpc) is 3.05. The zero-order chi connectivity index (χ0) is 17.8. The minimum Gasteiger partial charge on any atom is -0.481 e. The second-order valence-electron chi connectivity index (χ2n) is 5.90. The molecular formula is C17H20N4O4. The van der Waals surface area contributed by atoms with Gasteiger partial charge in [0.2, 0.25) is 0 Å². The number of carboxylic acids is 1. The summed E-state index contributed by atoms with van der Waals surface area (Å²) in [5.41, 5.74) is 1.55. The highest BCUT2D eigenvalue weighted by Crippen LogP contribution is 2.20. The van der Waals surface area contributed by atoms with Gasteiger partial charge in [0.15, 0.2) is 0 Å². The first-order chi connectivity index (χ1) is 12.1. The Labute approximate surface area is 144 Å². The zero-order valence-electron chi connectivity index (χ0n) is 13.7. The summed E-state index contributed by atoms with van der Waals surface area (Å²) in [5, 5.41) is 12.1. The van der Waals surface area contributed by atoms with Gasteiger partial charge in [0.1, 0.15) is 0 Å². The second kappa shape index (κ2) is 7.25. The maximum Gasteiger partial charge on any atom is 0.317 e. The van der Waals surface area contributed by atoms with Gasteiger partial charge in [0.25, 0.3) is 5.91 Å². The summed E-state index contributed by atoms with van der Waals surface area (Å²) in [6.45, 7) is 1.85. The first kappa shape index (κ1) is 16.8. The van der Waals surface area contributed by atoms with E-state index in [1.807, 2.05) is 24.3 Å². The number of aromatic nitrogens is 1. The van der Waals surface area contributed by atoms with Crippen molar-refractivity contribution in [3.05, 3.63) is 36.0 Å². The molecule has 1 saturated heterocycles. The van der Waals surface area contributed by atoms with Crippen molar-refractivity contribution in [1.29, 1.82) is 0 Å². The van der Waals surface area contributed by atoms with E-state index in [9.17, 15) is 14.4 Å². The van der Waals surface area contributed by atoms with Crippen molar-refractivity contribution in [3.63, 3.8) is 0 Å². The molecule has 0 atom stereocenters. The van der Waals surface area contributed by atoms with Gasteiger partial charge in [-0.15, -0.1) is 0 Å². The van der Waals surface area contributed by atoms with Crippen molar-refractivity contribution >= 4 is 28.8 Å². The van der Waals surface area contributed by atoms with Crippen LogP contribution in [0.2, 0.25) is 0 Å². The fourth-order valence-corrected chi connectivity index (χ4v) is 2.92. The summed E-state index contributed by atoms with van der Waals surface area (Å²) < 4.78 is 0. The van der Waals surface area contributed by atoms with E-state index in [-0.39, 0.29) is 24.9 Å². The summed E-state index contributed by atoms with van der Waals surface area (Å²) in [5.74, 6) is -1.00. The molecule has 0 radical (unpaired) electrons. The number of urea groups is 1. The van der Waals surface area contributed by atoms with E-state index in [1.165, 1.54) is 0 Å². The van der Waals surface area contributed by atoms with Crippen LogP contribution in [0.5, 0.6) is 0 Å². The van der Waals surface area contributed by atoms with Crippen molar-refractivity contribution in [2.75, 3.05) is 32.7 Å². The third-order valence-corrected chi connectivity index (χ3v) is 4.29. The summed E-state index contributed by atoms with van der Waals surface area (Å²) in [7, 11) is 0. The molecule has 3 rings (SSSR count). The first-order valence-corrected chi connectivity index (χ1v) is 8.16. The molecule has 2 heterocycles. The number of piperazine rings is 1. The maximum atomic E-state index is 12.7. The third-order valence-electron chi connectivity index (χ3n) is 4.29. The molecule has 132 valence electrons. The van der Waals surface area contributed by atoms with Crippen LogP contribution >= 0.6 is 0 Å². The number of nitrogens with one attached hydrogen (secondary N) is 2. The first-order valence-electron chi connectivity index (χ1n) is 8.16. The molecule has 0 spiro atoms. The van der Waals surface area contributed by atoms with Gasteiger partial charge in [-0.05, 0) is 6.07 Å². The fraction of sp³-hybridized carbons (Fsp3) is 0.353. The van der Waals surface area contributed by atoms with E-state index in [0.29, 0.717) is 31.7 Å². The number of hydrogen-bond acceptors (Lipinski definition) is 3. The van der Waals surface area contributed by atoms with Crippen LogP contribution in [0.4, 0.5) is 4.79 Å². The SMILES string of the molecule is O=C(O)CCNC(=O)N1CCN(C(=O)c2c[nH]c3ccccc23)CC1. The van der Waals surface area contributed by atoms with Crippen LogP contribution in [-0.4, -0.2) is 70.5 Å². The normalized spacial score (nSPS) is 14.6. The summed E-state index contributed by atoms with van der Waals surface area (Å²) >= 11 is 0. The number of carbonyl (C=O) groups is 3. The molecule has 8 nitrogen and oxygen atoms in total. The number of nitrogens with zero attached hydrogens (tertiary/aromatic N) is 2. The Morgan fingerprint density at radius 3 is 2.48 bits per heavy atom. The predicted octanol–water partition coefficient (Wildman–Crippen LogP) is 1.11. The molecule has 1 aliphatic heterocycles. The Morgan fingerprint density at radius 2 is 1.76 bits per heavy atom. The molecule has 25 heavy (non-hydrogen) atoms. The predicted molar refractivity (Wildman–Crippen MR) is 91.4 cm³/mol. The topological polar surface area (TPSA) is 106 Å². The molecular weight excluding hydrogens is 324 g/mol. The minimum absolute atomic E-state index is 0.0524. The van der Waals surface area contributed by atoms with Crippen molar-refractivity contribution in [2.45, 2.75) is 6.42 Å². The van der Waals surface area contributed by atoms with Crippen molar-refractivity contribution < 1.29 is 19.5 Å². The molecule has 0 bridgehead atoms. The van der Waals surface area contributed by atoms with Gasteiger partial charge in [-0.1, -0.05) is 18.2 Å². The van der Waals surface area contributed by atoms with Crippen LogP contribution in [0.15, 0.2) is 30.5 Å². The Kier molecular flexibility index (Phi) is 4.87. The van der Waals surface area contributed by atoms with Gasteiger partial charge in [0.05, 0.1) is 12.0 Å². The Hall–Kier alpha value is -3.03. The molecule has 1 aromatic heterocycles. The number of hydrogen-bond donors (Lipinski definition) is 3. The van der Waals surface area contributed by atoms with Crippen LogP contribution in [-0.2, 0) is 4.79 Å². The number of para-hydroxylation sites is 1. The van der Waals surface area contributed by atoms with Crippen LogP contribution in [0.25, 0.3) is 10.9 Å². The van der Waals surface area contributed by atoms with Crippen molar-refractivity contribution in [1.82, 2.24) is 20.1 Å². The Bertz CT molecular complexity index is 793. The van der Waals surface area contributed by atoms with E-state index in [0.717, 1.165) is 10.9 Å². The van der Waals surface area contributed by atoms with E-state index in [2.05, 4.69) is 10.3 Å². The van der Waals surface area contributed by atoms with Gasteiger partial charge < -0.3 is 25.2 Å². The number of benzene rings is 1. The second-order valence-corrected chi connectivity index (χ2v) is 5.90. The highest BCUT2D eigenvalue weighted by Gasteiger charge is 2.26. The summed E-state index contributed by atoms with van der Waals surface area (Å²) in [4.78, 5) is 41.6. The third kappa shape index (κ3) is 3.73. The van der Waals surface area contributed by atoms with Gasteiger partial charge in [-0.3, -0.25) is 9.59 Å². The number of rotatable bonds is 4. The number of carbonyl (C=O) groups excluding carboxylic acids is 2. The maximum absolute atomic E-state index is 12.7. The zero-order valence-corrected chi connectivity index (χ0v) is 13.7. The molecule has 1 aromatic carbocycles. The van der Waals surface area contributed by atoms with Crippen LogP contribution in [0.3, 0.4) is 0 Å². The smallest absolute Gasteiger partial charge is 0.317 e. The van der Waals surface area contributed by atoms with E-state index >= 15 is 0 Å². The van der Waals surface area contributed by atoms with Gasteiger partial charge in [0, 0.05) is 49.8 Å². The average molecular weight is 344 g/mol. The quantitative estimate of drug-likeness (QED) is 0.772. The lowest BCUT2D eigenvalue weighted by Crippen LogP contribution is -2.53. The van der Waals surface area contributed by atoms with E-state index in [1.54, 1.807) is 16.0 Å². The van der Waals surface area contributed by atoms with Crippen molar-refractivity contribution in [2.24, 2.45) is 0 Å². The Morgan fingerprint density at radius 1 is 1.08 bits per heavy atom. The number of aromatic amines is 1. The lowest BCUT2D eigenvalue weighted by atomic mass is 10.1. The van der Waals surface area contributed by atoms with Gasteiger partial charge >= 0.3 is 12.0 Å². The fourth-order valence-electron chi connectivity index (χ4n) is 2.92. The molecule has 3 N–H and O–H groups in total. The molecule has 1 aliphatic rings. The van der Waals surface area contributed by atoms with Crippen LogP contribution < -0.4 is 5.32 Å². The number of amides is 3. The molecule has 0 saturated carbocycles. The molecule has 2 aromatic rings. The standard InChI is InChI=1S/C17H20N4O4/c22-15(23)5-6-18-17(25)21-9-7-20(8-10-21)16(24)13-11-19-14-4-2-1-3-12(13)14/h1-4,11,19H,5-10H2,(H,18,25)(H,22,23). The molecule has 3 amide bonds. The Balaban J connectivity index is 1.56. The monoisotopic (exact) mass is 344 g/mol. The summed E-state index contributed by atoms with van der Waals surface area (Å²) in [6, 6.07) is 7.35. The van der Waals surface area contributed by atoms with Crippen LogP contribution in [0, 0.1) is 0 Å². The lowest BCUT2D eigenvalue weighted by Gasteiger charge is -2.34. The van der Waals surface area contributed by atoms with Gasteiger partial charge in [-0.25, -0.2) is 4.79 Å². The highest BCUT2D eigenvalue weighted by atomic mass is 16.4. The number of H-pyrrole nitrogens is 1.